The summed E-state index contributed by atoms with van der Waals surface area (Å²) in [5.41, 5.74) is 3.68. The zero-order valence-corrected chi connectivity index (χ0v) is 8.86. The maximum atomic E-state index is 5.89. The number of aromatic nitrogens is 2. The molecule has 5 heteroatoms. The second-order valence-electron chi connectivity index (χ2n) is 2.96. The minimum absolute atomic E-state index is 0.421. The van der Waals surface area contributed by atoms with Crippen molar-refractivity contribution in [1.29, 1.82) is 0 Å². The Balaban J connectivity index is 2.52. The van der Waals surface area contributed by atoms with Crippen molar-refractivity contribution in [3.05, 3.63) is 35.1 Å². The van der Waals surface area contributed by atoms with E-state index in [1.807, 2.05) is 18.2 Å². The van der Waals surface area contributed by atoms with Crippen LogP contribution in [0.15, 0.2) is 29.5 Å². The third-order valence-corrected chi connectivity index (χ3v) is 2.26. The van der Waals surface area contributed by atoms with Crippen LogP contribution in [0, 0.1) is 0 Å². The molecular weight excluding hydrogens is 212 g/mol. The SMILES string of the molecule is CN/N=C/c1ccc2c(Cl)nncc2c1. The molecule has 2 rings (SSSR count). The number of hydrogen-bond donors (Lipinski definition) is 1. The summed E-state index contributed by atoms with van der Waals surface area (Å²) in [6, 6.07) is 5.79. The molecule has 1 aromatic carbocycles. The molecule has 0 aliphatic heterocycles. The van der Waals surface area contributed by atoms with Gasteiger partial charge in [-0.05, 0) is 11.6 Å². The number of benzene rings is 1. The Labute approximate surface area is 92.0 Å². The number of nitrogens with one attached hydrogen (secondary N) is 1. The molecule has 0 unspecified atom stereocenters. The van der Waals surface area contributed by atoms with E-state index in [1.165, 1.54) is 0 Å². The zero-order valence-electron chi connectivity index (χ0n) is 8.11. The summed E-state index contributed by atoms with van der Waals surface area (Å²) in [4.78, 5) is 0. The molecule has 15 heavy (non-hydrogen) atoms. The van der Waals surface area contributed by atoms with E-state index in [9.17, 15) is 0 Å². The van der Waals surface area contributed by atoms with Crippen molar-refractivity contribution in [2.45, 2.75) is 0 Å². The summed E-state index contributed by atoms with van der Waals surface area (Å²) >= 11 is 5.89. The fourth-order valence-corrected chi connectivity index (χ4v) is 1.51. The van der Waals surface area contributed by atoms with Gasteiger partial charge in [-0.3, -0.25) is 0 Å². The van der Waals surface area contributed by atoms with Crippen LogP contribution in [0.4, 0.5) is 0 Å². The lowest BCUT2D eigenvalue weighted by atomic mass is 10.1. The summed E-state index contributed by atoms with van der Waals surface area (Å²) in [6.45, 7) is 0. The van der Waals surface area contributed by atoms with Gasteiger partial charge in [0.25, 0.3) is 0 Å². The third-order valence-electron chi connectivity index (χ3n) is 1.98. The van der Waals surface area contributed by atoms with E-state index in [2.05, 4.69) is 20.7 Å². The Morgan fingerprint density at radius 2 is 2.33 bits per heavy atom. The lowest BCUT2D eigenvalue weighted by molar-refractivity contribution is 0.908. The highest BCUT2D eigenvalue weighted by Crippen LogP contribution is 2.20. The summed E-state index contributed by atoms with van der Waals surface area (Å²) < 4.78 is 0. The Morgan fingerprint density at radius 1 is 1.47 bits per heavy atom. The minimum atomic E-state index is 0.421. The number of rotatable bonds is 2. The van der Waals surface area contributed by atoms with E-state index in [0.717, 1.165) is 16.3 Å². The number of fused-ring (bicyclic) bond motifs is 1. The van der Waals surface area contributed by atoms with Crippen LogP contribution in [0.1, 0.15) is 5.56 Å². The Morgan fingerprint density at radius 3 is 3.13 bits per heavy atom. The molecule has 0 atom stereocenters. The van der Waals surface area contributed by atoms with E-state index in [1.54, 1.807) is 19.5 Å². The molecule has 76 valence electrons. The van der Waals surface area contributed by atoms with Crippen LogP contribution in [0.5, 0.6) is 0 Å². The van der Waals surface area contributed by atoms with Crippen LogP contribution in [-0.2, 0) is 0 Å². The predicted molar refractivity (Wildman–Crippen MR) is 61.2 cm³/mol. The first-order chi connectivity index (χ1) is 7.31. The molecule has 0 amide bonds. The predicted octanol–water partition coefficient (Wildman–Crippen LogP) is 1.84. The van der Waals surface area contributed by atoms with Gasteiger partial charge in [0.1, 0.15) is 0 Å². The van der Waals surface area contributed by atoms with Crippen molar-refractivity contribution in [3.63, 3.8) is 0 Å². The van der Waals surface area contributed by atoms with Crippen molar-refractivity contribution in [3.8, 4) is 0 Å². The van der Waals surface area contributed by atoms with Crippen LogP contribution in [0.25, 0.3) is 10.8 Å². The molecule has 1 heterocycles. The molecule has 4 nitrogen and oxygen atoms in total. The normalized spacial score (nSPS) is 11.1. The van der Waals surface area contributed by atoms with Gasteiger partial charge in [-0.2, -0.15) is 10.2 Å². The fourth-order valence-electron chi connectivity index (χ4n) is 1.29. The van der Waals surface area contributed by atoms with Crippen LogP contribution in [0.2, 0.25) is 5.15 Å². The van der Waals surface area contributed by atoms with Gasteiger partial charge >= 0.3 is 0 Å². The Hall–Kier alpha value is -1.68. The van der Waals surface area contributed by atoms with E-state index < -0.39 is 0 Å². The van der Waals surface area contributed by atoms with E-state index in [0.29, 0.717) is 5.15 Å². The lowest BCUT2D eigenvalue weighted by Crippen LogP contribution is -1.94. The van der Waals surface area contributed by atoms with Gasteiger partial charge in [-0.15, -0.1) is 5.10 Å². The number of hydrazone groups is 1. The Bertz CT molecular complexity index is 510. The van der Waals surface area contributed by atoms with Gasteiger partial charge in [0.15, 0.2) is 5.15 Å². The molecule has 0 saturated carbocycles. The first-order valence-corrected chi connectivity index (χ1v) is 4.80. The van der Waals surface area contributed by atoms with Gasteiger partial charge in [0.05, 0.1) is 12.4 Å². The highest BCUT2D eigenvalue weighted by Gasteiger charge is 2.00. The minimum Gasteiger partial charge on any atom is -0.313 e. The Kier molecular flexibility index (Phi) is 2.78. The maximum Gasteiger partial charge on any atom is 0.159 e. The van der Waals surface area contributed by atoms with Gasteiger partial charge in [0.2, 0.25) is 0 Å². The first kappa shape index (κ1) is 9.86. The molecule has 2 aromatic rings. The molecule has 0 fully saturated rings. The van der Waals surface area contributed by atoms with Crippen LogP contribution >= 0.6 is 11.6 Å². The first-order valence-electron chi connectivity index (χ1n) is 4.42. The molecule has 0 saturated heterocycles. The second-order valence-corrected chi connectivity index (χ2v) is 3.32. The largest absolute Gasteiger partial charge is 0.313 e. The van der Waals surface area contributed by atoms with Gasteiger partial charge in [-0.25, -0.2) is 0 Å². The van der Waals surface area contributed by atoms with Crippen LogP contribution in [0.3, 0.4) is 0 Å². The van der Waals surface area contributed by atoms with Gasteiger partial charge < -0.3 is 5.43 Å². The monoisotopic (exact) mass is 220 g/mol. The summed E-state index contributed by atoms with van der Waals surface area (Å²) in [6.07, 6.45) is 3.41. The molecule has 0 spiro atoms. The average Bonchev–Trinajstić information content (AvgIpc) is 2.26. The van der Waals surface area contributed by atoms with Crippen LogP contribution < -0.4 is 5.43 Å². The standard InChI is InChI=1S/C10H9ClN4/c1-12-13-5-7-2-3-9-8(4-7)6-14-15-10(9)11/h2-6,12H,1H3/b13-5+. The summed E-state index contributed by atoms with van der Waals surface area (Å²) in [7, 11) is 1.75. The molecule has 1 aromatic heterocycles. The van der Waals surface area contributed by atoms with Crippen molar-refractivity contribution in [2.75, 3.05) is 7.05 Å². The topological polar surface area (TPSA) is 50.2 Å². The van der Waals surface area contributed by atoms with Crippen molar-refractivity contribution < 1.29 is 0 Å². The van der Waals surface area contributed by atoms with E-state index >= 15 is 0 Å². The average molecular weight is 221 g/mol. The quantitative estimate of drug-likeness (QED) is 0.621. The number of halogens is 1. The highest BCUT2D eigenvalue weighted by atomic mass is 35.5. The summed E-state index contributed by atoms with van der Waals surface area (Å²) in [5.74, 6) is 0. The van der Waals surface area contributed by atoms with E-state index in [4.69, 9.17) is 11.6 Å². The third kappa shape index (κ3) is 2.05. The zero-order chi connectivity index (χ0) is 10.7. The molecule has 1 N–H and O–H groups in total. The number of hydrogen-bond acceptors (Lipinski definition) is 4. The smallest absolute Gasteiger partial charge is 0.159 e. The van der Waals surface area contributed by atoms with Crippen LogP contribution in [-0.4, -0.2) is 23.5 Å². The molecule has 0 radical (unpaired) electrons. The lowest BCUT2D eigenvalue weighted by Gasteiger charge is -1.99. The van der Waals surface area contributed by atoms with Crippen molar-refractivity contribution >= 4 is 28.6 Å². The molecule has 0 bridgehead atoms. The number of nitrogens with zero attached hydrogens (tertiary/aromatic N) is 3. The fraction of sp³-hybridized carbons (Fsp3) is 0.100. The summed E-state index contributed by atoms with van der Waals surface area (Å²) in [5, 5.41) is 13.8. The van der Waals surface area contributed by atoms with Gasteiger partial charge in [-0.1, -0.05) is 23.7 Å². The molecule has 0 aliphatic rings. The van der Waals surface area contributed by atoms with E-state index in [-0.39, 0.29) is 0 Å². The van der Waals surface area contributed by atoms with Gasteiger partial charge in [0, 0.05) is 17.8 Å². The molecular formula is C10H9ClN4. The maximum absolute atomic E-state index is 5.89. The van der Waals surface area contributed by atoms with Crippen molar-refractivity contribution in [1.82, 2.24) is 15.6 Å². The van der Waals surface area contributed by atoms with Crippen molar-refractivity contribution in [2.24, 2.45) is 5.10 Å². The molecule has 0 aliphatic carbocycles. The highest BCUT2D eigenvalue weighted by molar-refractivity contribution is 6.34. The second kappa shape index (κ2) is 4.23.